The van der Waals surface area contributed by atoms with Crippen LogP contribution in [0.4, 0.5) is 11.4 Å². The maximum absolute atomic E-state index is 6.11. The van der Waals surface area contributed by atoms with Crippen molar-refractivity contribution >= 4 is 34.7 Å². The highest BCUT2D eigenvalue weighted by Crippen LogP contribution is 2.42. The van der Waals surface area contributed by atoms with Crippen LogP contribution < -0.4 is 9.64 Å². The summed E-state index contributed by atoms with van der Waals surface area (Å²) in [5.74, 6) is 2.22. The fourth-order valence-electron chi connectivity index (χ4n) is 4.31. The Hall–Kier alpha value is -3.04. The Morgan fingerprint density at radius 3 is 2.35 bits per heavy atom. The molecule has 0 unspecified atom stereocenters. The van der Waals surface area contributed by atoms with Gasteiger partial charge >= 0.3 is 0 Å². The first-order valence-electron chi connectivity index (χ1n) is 10.6. The first-order valence-corrected chi connectivity index (χ1v) is 10.6. The molecule has 1 aliphatic heterocycles. The zero-order valence-corrected chi connectivity index (χ0v) is 18.9. The lowest BCUT2D eigenvalue weighted by atomic mass is 10.0. The van der Waals surface area contributed by atoms with E-state index in [9.17, 15) is 0 Å². The topological polar surface area (TPSA) is 25.4 Å². The van der Waals surface area contributed by atoms with E-state index in [2.05, 4.69) is 62.1 Å². The van der Waals surface area contributed by atoms with Crippen molar-refractivity contribution < 1.29 is 4.74 Å². The molecule has 0 spiro atoms. The summed E-state index contributed by atoms with van der Waals surface area (Å²) in [6.45, 7) is 7.56. The van der Waals surface area contributed by atoms with E-state index in [4.69, 9.17) is 9.72 Å². The second kappa shape index (κ2) is 8.60. The molecule has 0 saturated carbocycles. The number of halogens is 1. The van der Waals surface area contributed by atoms with Crippen LogP contribution in [0.3, 0.4) is 0 Å². The molecule has 3 nitrogen and oxygen atoms in total. The summed E-state index contributed by atoms with van der Waals surface area (Å²) in [4.78, 5) is 7.31. The minimum atomic E-state index is 0. The second-order valence-electron chi connectivity index (χ2n) is 8.27. The summed E-state index contributed by atoms with van der Waals surface area (Å²) in [6, 6.07) is 25.1. The van der Waals surface area contributed by atoms with E-state index in [1.54, 1.807) is 0 Å². The average Bonchev–Trinajstić information content (AvgIpc) is 3.21. The van der Waals surface area contributed by atoms with Gasteiger partial charge in [-0.1, -0.05) is 44.2 Å². The SMILES string of the molecule is Cc1nc2ccc(Oc3ccccc3)cc2c2c1CCN2c1ccc(C(C)C)cc1.Cl. The third-order valence-electron chi connectivity index (χ3n) is 5.94. The number of hydrogen-bond donors (Lipinski definition) is 0. The number of fused-ring (bicyclic) bond motifs is 3. The van der Waals surface area contributed by atoms with Gasteiger partial charge in [-0.3, -0.25) is 4.98 Å². The van der Waals surface area contributed by atoms with Crippen molar-refractivity contribution in [3.63, 3.8) is 0 Å². The highest BCUT2D eigenvalue weighted by atomic mass is 35.5. The van der Waals surface area contributed by atoms with Crippen LogP contribution in [0.2, 0.25) is 0 Å². The maximum Gasteiger partial charge on any atom is 0.128 e. The lowest BCUT2D eigenvalue weighted by molar-refractivity contribution is 0.483. The summed E-state index contributed by atoms with van der Waals surface area (Å²) < 4.78 is 6.11. The van der Waals surface area contributed by atoms with Crippen LogP contribution in [0.1, 0.15) is 36.6 Å². The Morgan fingerprint density at radius 2 is 1.65 bits per heavy atom. The maximum atomic E-state index is 6.11. The molecule has 0 atom stereocenters. The number of hydrogen-bond acceptors (Lipinski definition) is 3. The number of aryl methyl sites for hydroxylation is 1. The van der Waals surface area contributed by atoms with E-state index in [-0.39, 0.29) is 12.4 Å². The van der Waals surface area contributed by atoms with Crippen molar-refractivity contribution in [2.45, 2.75) is 33.1 Å². The predicted molar refractivity (Wildman–Crippen MR) is 131 cm³/mol. The van der Waals surface area contributed by atoms with Crippen molar-refractivity contribution in [1.82, 2.24) is 4.98 Å². The van der Waals surface area contributed by atoms with Gasteiger partial charge in [-0.25, -0.2) is 0 Å². The molecular weight excluding hydrogens is 404 g/mol. The summed E-state index contributed by atoms with van der Waals surface area (Å²) >= 11 is 0. The minimum Gasteiger partial charge on any atom is -0.457 e. The number of nitrogens with zero attached hydrogens (tertiary/aromatic N) is 2. The predicted octanol–water partition coefficient (Wildman–Crippen LogP) is 7.57. The van der Waals surface area contributed by atoms with E-state index in [0.29, 0.717) is 5.92 Å². The fraction of sp³-hybridized carbons (Fsp3) is 0.222. The van der Waals surface area contributed by atoms with Gasteiger partial charge in [0.25, 0.3) is 0 Å². The summed E-state index contributed by atoms with van der Waals surface area (Å²) in [5, 5.41) is 1.15. The molecule has 1 aromatic heterocycles. The van der Waals surface area contributed by atoms with E-state index in [1.165, 1.54) is 22.5 Å². The molecule has 5 rings (SSSR count). The van der Waals surface area contributed by atoms with Crippen molar-refractivity contribution in [1.29, 1.82) is 0 Å². The molecule has 4 heteroatoms. The Bertz CT molecular complexity index is 1200. The monoisotopic (exact) mass is 430 g/mol. The van der Waals surface area contributed by atoms with E-state index < -0.39 is 0 Å². The molecular formula is C27H27ClN2O. The molecule has 0 radical (unpaired) electrons. The van der Waals surface area contributed by atoms with Crippen molar-refractivity contribution in [2.75, 3.05) is 11.4 Å². The van der Waals surface area contributed by atoms with Gasteiger partial charge in [0.15, 0.2) is 0 Å². The number of ether oxygens (including phenoxy) is 1. The van der Waals surface area contributed by atoms with Gasteiger partial charge in [-0.05, 0) is 72.9 Å². The smallest absolute Gasteiger partial charge is 0.128 e. The van der Waals surface area contributed by atoms with E-state index >= 15 is 0 Å². The second-order valence-corrected chi connectivity index (χ2v) is 8.27. The molecule has 158 valence electrons. The molecule has 0 N–H and O–H groups in total. The lowest BCUT2D eigenvalue weighted by Gasteiger charge is -2.22. The van der Waals surface area contributed by atoms with Crippen LogP contribution in [-0.2, 0) is 6.42 Å². The standard InChI is InChI=1S/C27H26N2O.ClH/c1-18(2)20-9-11-21(12-10-20)29-16-15-24-19(3)28-26-14-13-23(17-25(26)27(24)29)30-22-7-5-4-6-8-22;/h4-14,17-18H,15-16H2,1-3H3;1H. The molecule has 1 aliphatic rings. The Labute approximate surface area is 190 Å². The first-order chi connectivity index (χ1) is 14.6. The molecule has 3 aromatic carbocycles. The fourth-order valence-corrected chi connectivity index (χ4v) is 4.31. The van der Waals surface area contributed by atoms with Crippen molar-refractivity contribution in [3.05, 3.63) is 89.6 Å². The number of rotatable bonds is 4. The van der Waals surface area contributed by atoms with Crippen molar-refractivity contribution in [2.24, 2.45) is 0 Å². The van der Waals surface area contributed by atoms with Gasteiger partial charge in [0.1, 0.15) is 11.5 Å². The third kappa shape index (κ3) is 3.98. The van der Waals surface area contributed by atoms with Gasteiger partial charge < -0.3 is 9.64 Å². The van der Waals surface area contributed by atoms with Gasteiger partial charge in [-0.15, -0.1) is 12.4 Å². The number of anilines is 2. The van der Waals surface area contributed by atoms with Crippen LogP contribution in [0.5, 0.6) is 11.5 Å². The number of pyridine rings is 1. The van der Waals surface area contributed by atoms with Crippen molar-refractivity contribution in [3.8, 4) is 11.5 Å². The van der Waals surface area contributed by atoms with E-state index in [1.807, 2.05) is 36.4 Å². The Kier molecular flexibility index (Phi) is 5.88. The molecule has 0 amide bonds. The van der Waals surface area contributed by atoms with Gasteiger partial charge in [0, 0.05) is 23.3 Å². The third-order valence-corrected chi connectivity index (χ3v) is 5.94. The number of benzene rings is 3. The Balaban J connectivity index is 0.00000231. The molecule has 0 saturated heterocycles. The van der Waals surface area contributed by atoms with Crippen LogP contribution in [0, 0.1) is 6.92 Å². The summed E-state index contributed by atoms with van der Waals surface area (Å²) in [5.41, 5.74) is 7.35. The lowest BCUT2D eigenvalue weighted by Crippen LogP contribution is -2.13. The van der Waals surface area contributed by atoms with Crippen LogP contribution in [0.15, 0.2) is 72.8 Å². The first kappa shape index (κ1) is 21.2. The quantitative estimate of drug-likeness (QED) is 0.333. The van der Waals surface area contributed by atoms with Gasteiger partial charge in [0.2, 0.25) is 0 Å². The molecule has 0 fully saturated rings. The molecule has 2 heterocycles. The normalized spacial score (nSPS) is 12.7. The van der Waals surface area contributed by atoms with Gasteiger partial charge in [0.05, 0.1) is 11.2 Å². The highest BCUT2D eigenvalue weighted by molar-refractivity contribution is 5.98. The van der Waals surface area contributed by atoms with Crippen LogP contribution in [-0.4, -0.2) is 11.5 Å². The number of aromatic nitrogens is 1. The average molecular weight is 431 g/mol. The summed E-state index contributed by atoms with van der Waals surface area (Å²) in [7, 11) is 0. The van der Waals surface area contributed by atoms with Gasteiger partial charge in [-0.2, -0.15) is 0 Å². The zero-order valence-electron chi connectivity index (χ0n) is 18.1. The number of para-hydroxylation sites is 1. The molecule has 31 heavy (non-hydrogen) atoms. The van der Waals surface area contributed by atoms with Crippen LogP contribution in [0.25, 0.3) is 10.9 Å². The molecule has 0 aliphatic carbocycles. The Morgan fingerprint density at radius 1 is 0.903 bits per heavy atom. The van der Waals surface area contributed by atoms with E-state index in [0.717, 1.165) is 41.1 Å². The summed E-state index contributed by atoms with van der Waals surface area (Å²) in [6.07, 6.45) is 1.01. The van der Waals surface area contributed by atoms with Crippen LogP contribution >= 0.6 is 12.4 Å². The minimum absolute atomic E-state index is 0. The molecule has 0 bridgehead atoms. The largest absolute Gasteiger partial charge is 0.457 e. The highest BCUT2D eigenvalue weighted by Gasteiger charge is 2.26. The zero-order chi connectivity index (χ0) is 20.7. The molecule has 4 aromatic rings.